The maximum absolute atomic E-state index is 11.3. The molecule has 1 rings (SSSR count). The van der Waals surface area contributed by atoms with Crippen LogP contribution in [0.2, 0.25) is 0 Å². The van der Waals surface area contributed by atoms with E-state index in [-0.39, 0.29) is 6.61 Å². The van der Waals surface area contributed by atoms with E-state index < -0.39 is 18.1 Å². The molecule has 0 saturated carbocycles. The van der Waals surface area contributed by atoms with Crippen molar-refractivity contribution < 1.29 is 14.6 Å². The number of aliphatic hydroxyl groups is 1. The second-order valence-electron chi connectivity index (χ2n) is 3.50. The van der Waals surface area contributed by atoms with Gasteiger partial charge in [-0.3, -0.25) is 4.79 Å². The summed E-state index contributed by atoms with van der Waals surface area (Å²) in [5.41, 5.74) is 6.28. The molecule has 1 aromatic rings. The Kier molecular flexibility index (Phi) is 4.92. The van der Waals surface area contributed by atoms with Crippen LogP contribution < -0.4 is 5.73 Å². The molecule has 88 valence electrons. The fourth-order valence-corrected chi connectivity index (χ4v) is 1.52. The monoisotopic (exact) mass is 287 g/mol. The van der Waals surface area contributed by atoms with Crippen LogP contribution in [0.25, 0.3) is 0 Å². The average molecular weight is 288 g/mol. The molecule has 3 N–H and O–H groups in total. The Balaban J connectivity index is 2.49. The summed E-state index contributed by atoms with van der Waals surface area (Å²) < 4.78 is 5.88. The van der Waals surface area contributed by atoms with Crippen molar-refractivity contribution in [3.05, 3.63) is 34.3 Å². The minimum absolute atomic E-state index is 0.151. The number of carbonyl (C=O) groups excluding carboxylic acids is 1. The number of carbonyl (C=O) groups is 1. The molecule has 0 bridgehead atoms. The van der Waals surface area contributed by atoms with Crippen LogP contribution in [-0.4, -0.2) is 23.2 Å². The van der Waals surface area contributed by atoms with Crippen molar-refractivity contribution in [1.82, 2.24) is 0 Å². The van der Waals surface area contributed by atoms with Crippen molar-refractivity contribution in [2.45, 2.75) is 25.7 Å². The molecule has 0 amide bonds. The lowest BCUT2D eigenvalue weighted by molar-refractivity contribution is -0.149. The maximum Gasteiger partial charge on any atom is 0.325 e. The van der Waals surface area contributed by atoms with Crippen molar-refractivity contribution in [2.75, 3.05) is 0 Å². The van der Waals surface area contributed by atoms with Crippen LogP contribution in [0.4, 0.5) is 0 Å². The molecule has 0 unspecified atom stereocenters. The Morgan fingerprint density at radius 3 is 2.88 bits per heavy atom. The number of benzene rings is 1. The smallest absolute Gasteiger partial charge is 0.325 e. The van der Waals surface area contributed by atoms with E-state index in [0.29, 0.717) is 0 Å². The zero-order valence-electron chi connectivity index (χ0n) is 8.89. The topological polar surface area (TPSA) is 72.5 Å². The Hall–Kier alpha value is -0.910. The van der Waals surface area contributed by atoms with Gasteiger partial charge in [-0.2, -0.15) is 0 Å². The fraction of sp³-hybridized carbons (Fsp3) is 0.364. The van der Waals surface area contributed by atoms with Crippen LogP contribution in [-0.2, 0) is 16.1 Å². The predicted molar refractivity (Wildman–Crippen MR) is 63.6 cm³/mol. The van der Waals surface area contributed by atoms with Crippen molar-refractivity contribution in [2.24, 2.45) is 5.73 Å². The average Bonchev–Trinajstić information content (AvgIpc) is 2.24. The van der Waals surface area contributed by atoms with E-state index in [0.717, 1.165) is 10.0 Å². The van der Waals surface area contributed by atoms with Gasteiger partial charge in [0.25, 0.3) is 0 Å². The summed E-state index contributed by atoms with van der Waals surface area (Å²) >= 11 is 3.32. The third-order valence-electron chi connectivity index (χ3n) is 2.06. The summed E-state index contributed by atoms with van der Waals surface area (Å²) in [5, 5.41) is 9.10. The number of halogens is 1. The third-order valence-corrected chi connectivity index (χ3v) is 2.56. The highest BCUT2D eigenvalue weighted by Crippen LogP contribution is 2.12. The van der Waals surface area contributed by atoms with Gasteiger partial charge in [-0.1, -0.05) is 28.1 Å². The molecule has 4 nitrogen and oxygen atoms in total. The predicted octanol–water partition coefficient (Wildman–Crippen LogP) is 1.20. The van der Waals surface area contributed by atoms with E-state index in [2.05, 4.69) is 15.9 Å². The SMILES string of the molecule is C[C@@H](O)[C@H](N)C(=O)OCc1cccc(Br)c1. The first kappa shape index (κ1) is 13.2. The standard InChI is InChI=1S/C11H14BrNO3/c1-7(14)10(13)11(15)16-6-8-3-2-4-9(12)5-8/h2-5,7,10,14H,6,13H2,1H3/t7-,10+/m1/s1. The molecule has 2 atom stereocenters. The highest BCUT2D eigenvalue weighted by Gasteiger charge is 2.20. The molecule has 0 aliphatic rings. The first-order valence-electron chi connectivity index (χ1n) is 4.85. The van der Waals surface area contributed by atoms with Gasteiger partial charge in [0.1, 0.15) is 12.6 Å². The number of rotatable bonds is 4. The van der Waals surface area contributed by atoms with Crippen molar-refractivity contribution in [1.29, 1.82) is 0 Å². The Morgan fingerprint density at radius 2 is 2.31 bits per heavy atom. The van der Waals surface area contributed by atoms with Gasteiger partial charge in [-0.15, -0.1) is 0 Å². The van der Waals surface area contributed by atoms with Gasteiger partial charge in [0.15, 0.2) is 0 Å². The van der Waals surface area contributed by atoms with Crippen LogP contribution >= 0.6 is 15.9 Å². The first-order chi connectivity index (χ1) is 7.50. The van der Waals surface area contributed by atoms with E-state index >= 15 is 0 Å². The summed E-state index contributed by atoms with van der Waals surface area (Å²) in [6.07, 6.45) is -0.907. The molecule has 5 heteroatoms. The zero-order valence-corrected chi connectivity index (χ0v) is 10.5. The molecular formula is C11H14BrNO3. The minimum atomic E-state index is -0.993. The molecule has 0 aliphatic carbocycles. The van der Waals surface area contributed by atoms with Crippen molar-refractivity contribution in [3.8, 4) is 0 Å². The Morgan fingerprint density at radius 1 is 1.62 bits per heavy atom. The summed E-state index contributed by atoms with van der Waals surface area (Å²) in [6.45, 7) is 1.60. The van der Waals surface area contributed by atoms with E-state index in [1.54, 1.807) is 0 Å². The Labute approximate surface area is 103 Å². The zero-order chi connectivity index (χ0) is 12.1. The molecule has 0 radical (unpaired) electrons. The van der Waals surface area contributed by atoms with Crippen LogP contribution in [0.1, 0.15) is 12.5 Å². The maximum atomic E-state index is 11.3. The van der Waals surface area contributed by atoms with Crippen LogP contribution in [0.15, 0.2) is 28.7 Å². The Bertz CT molecular complexity index is 368. The van der Waals surface area contributed by atoms with Crippen LogP contribution in [0, 0.1) is 0 Å². The lowest BCUT2D eigenvalue weighted by Gasteiger charge is -2.13. The molecule has 0 fully saturated rings. The normalized spacial score (nSPS) is 14.2. The van der Waals surface area contributed by atoms with Gasteiger partial charge in [-0.05, 0) is 24.6 Å². The summed E-state index contributed by atoms with van der Waals surface area (Å²) in [7, 11) is 0. The molecule has 0 spiro atoms. The molecule has 0 aromatic heterocycles. The number of ether oxygens (including phenoxy) is 1. The van der Waals surface area contributed by atoms with Crippen LogP contribution in [0.3, 0.4) is 0 Å². The molecule has 0 saturated heterocycles. The van der Waals surface area contributed by atoms with E-state index in [4.69, 9.17) is 15.6 Å². The lowest BCUT2D eigenvalue weighted by atomic mass is 10.2. The van der Waals surface area contributed by atoms with Gasteiger partial charge in [0.05, 0.1) is 6.10 Å². The summed E-state index contributed by atoms with van der Waals surface area (Å²) in [5.74, 6) is -0.602. The molecule has 0 aliphatic heterocycles. The number of hydrogen-bond acceptors (Lipinski definition) is 4. The summed E-state index contributed by atoms with van der Waals surface area (Å²) in [6, 6.07) is 6.43. The van der Waals surface area contributed by atoms with Gasteiger partial charge in [-0.25, -0.2) is 0 Å². The number of aliphatic hydroxyl groups excluding tert-OH is 1. The van der Waals surface area contributed by atoms with Crippen molar-refractivity contribution in [3.63, 3.8) is 0 Å². The fourth-order valence-electron chi connectivity index (χ4n) is 1.07. The second-order valence-corrected chi connectivity index (χ2v) is 4.42. The van der Waals surface area contributed by atoms with E-state index in [1.165, 1.54) is 6.92 Å². The highest BCUT2D eigenvalue weighted by molar-refractivity contribution is 9.10. The number of nitrogens with two attached hydrogens (primary N) is 1. The number of esters is 1. The minimum Gasteiger partial charge on any atom is -0.460 e. The van der Waals surface area contributed by atoms with Crippen LogP contribution in [0.5, 0.6) is 0 Å². The summed E-state index contributed by atoms with van der Waals surface area (Å²) in [4.78, 5) is 11.3. The molecule has 0 heterocycles. The van der Waals surface area contributed by atoms with Gasteiger partial charge >= 0.3 is 5.97 Å². The van der Waals surface area contributed by atoms with Crippen molar-refractivity contribution >= 4 is 21.9 Å². The largest absolute Gasteiger partial charge is 0.460 e. The highest BCUT2D eigenvalue weighted by atomic mass is 79.9. The van der Waals surface area contributed by atoms with E-state index in [1.807, 2.05) is 24.3 Å². The quantitative estimate of drug-likeness (QED) is 0.817. The number of hydrogen-bond donors (Lipinski definition) is 2. The molecule has 16 heavy (non-hydrogen) atoms. The lowest BCUT2D eigenvalue weighted by Crippen LogP contribution is -2.41. The first-order valence-corrected chi connectivity index (χ1v) is 5.64. The van der Waals surface area contributed by atoms with Gasteiger partial charge in [0, 0.05) is 4.47 Å². The molecule has 1 aromatic carbocycles. The second kappa shape index (κ2) is 5.98. The van der Waals surface area contributed by atoms with E-state index in [9.17, 15) is 4.79 Å². The molecular weight excluding hydrogens is 274 g/mol. The van der Waals surface area contributed by atoms with Gasteiger partial charge < -0.3 is 15.6 Å². The third kappa shape index (κ3) is 3.92. The van der Waals surface area contributed by atoms with Gasteiger partial charge in [0.2, 0.25) is 0 Å².